The molecule has 1 aliphatic rings. The average Bonchev–Trinajstić information content (AvgIpc) is 3.06. The van der Waals surface area contributed by atoms with Gasteiger partial charge in [0.1, 0.15) is 0 Å². The van der Waals surface area contributed by atoms with E-state index in [1.54, 1.807) is 14.0 Å². The highest BCUT2D eigenvalue weighted by atomic mass is 16.5. The normalized spacial score (nSPS) is 21.2. The van der Waals surface area contributed by atoms with Crippen molar-refractivity contribution in [3.8, 4) is 0 Å². The van der Waals surface area contributed by atoms with Crippen LogP contribution < -0.4 is 5.32 Å². The smallest absolute Gasteiger partial charge is 0.223 e. The van der Waals surface area contributed by atoms with Crippen molar-refractivity contribution in [3.05, 3.63) is 0 Å². The zero-order valence-electron chi connectivity index (χ0n) is 10.5. The molecule has 2 atom stereocenters. The van der Waals surface area contributed by atoms with Gasteiger partial charge in [-0.15, -0.1) is 0 Å². The number of carbonyl (C=O) groups is 1. The first kappa shape index (κ1) is 13.5. The summed E-state index contributed by atoms with van der Waals surface area (Å²) in [7, 11) is 1.60. The molecule has 1 rings (SSSR count). The molecule has 0 aromatic rings. The molecular formula is C12H23NO3. The van der Waals surface area contributed by atoms with Gasteiger partial charge in [-0.05, 0) is 25.7 Å². The number of methoxy groups -OCH3 is 1. The molecule has 0 saturated heterocycles. The lowest BCUT2D eigenvalue weighted by Crippen LogP contribution is -2.43. The number of nitrogens with one attached hydrogen (secondary N) is 1. The highest BCUT2D eigenvalue weighted by molar-refractivity contribution is 5.78. The van der Waals surface area contributed by atoms with Crippen molar-refractivity contribution >= 4 is 5.91 Å². The van der Waals surface area contributed by atoms with Gasteiger partial charge >= 0.3 is 0 Å². The van der Waals surface area contributed by atoms with Crippen molar-refractivity contribution in [2.24, 2.45) is 11.8 Å². The quantitative estimate of drug-likeness (QED) is 0.683. The third-order valence-electron chi connectivity index (χ3n) is 3.23. The van der Waals surface area contributed by atoms with Crippen LogP contribution in [-0.4, -0.2) is 36.9 Å². The Balaban J connectivity index is 2.23. The van der Waals surface area contributed by atoms with E-state index >= 15 is 0 Å². The fraction of sp³-hybridized carbons (Fsp3) is 0.917. The summed E-state index contributed by atoms with van der Waals surface area (Å²) in [5.74, 6) is 0.697. The second kappa shape index (κ2) is 5.64. The van der Waals surface area contributed by atoms with Crippen LogP contribution in [-0.2, 0) is 9.53 Å². The van der Waals surface area contributed by atoms with Gasteiger partial charge in [0.2, 0.25) is 5.91 Å². The summed E-state index contributed by atoms with van der Waals surface area (Å²) in [6, 6.07) is 0. The Morgan fingerprint density at radius 2 is 2.25 bits per heavy atom. The molecular weight excluding hydrogens is 206 g/mol. The van der Waals surface area contributed by atoms with Crippen molar-refractivity contribution in [1.29, 1.82) is 0 Å². The van der Waals surface area contributed by atoms with Crippen LogP contribution in [0.15, 0.2) is 0 Å². The van der Waals surface area contributed by atoms with E-state index < -0.39 is 5.60 Å². The van der Waals surface area contributed by atoms with Crippen LogP contribution in [0.4, 0.5) is 0 Å². The van der Waals surface area contributed by atoms with E-state index in [9.17, 15) is 9.90 Å². The van der Waals surface area contributed by atoms with Crippen molar-refractivity contribution in [3.63, 3.8) is 0 Å². The Kier molecular flexibility index (Phi) is 4.74. The number of hydrogen-bond acceptors (Lipinski definition) is 3. The number of ether oxygens (including phenoxy) is 1. The molecule has 94 valence electrons. The van der Waals surface area contributed by atoms with Gasteiger partial charge in [0.15, 0.2) is 0 Å². The van der Waals surface area contributed by atoms with Crippen LogP contribution in [0, 0.1) is 11.8 Å². The molecule has 1 amide bonds. The lowest BCUT2D eigenvalue weighted by atomic mass is 10.0. The topological polar surface area (TPSA) is 58.6 Å². The first-order valence-electron chi connectivity index (χ1n) is 5.95. The van der Waals surface area contributed by atoms with Gasteiger partial charge in [-0.2, -0.15) is 0 Å². The van der Waals surface area contributed by atoms with Crippen molar-refractivity contribution in [1.82, 2.24) is 5.32 Å². The summed E-state index contributed by atoms with van der Waals surface area (Å²) in [6.45, 7) is 4.47. The number of aliphatic hydroxyl groups is 1. The summed E-state index contributed by atoms with van der Waals surface area (Å²) >= 11 is 0. The molecule has 0 bridgehead atoms. The highest BCUT2D eigenvalue weighted by Gasteiger charge is 2.33. The summed E-state index contributed by atoms with van der Waals surface area (Å²) in [4.78, 5) is 11.7. The van der Waals surface area contributed by atoms with Crippen LogP contribution in [0.25, 0.3) is 0 Å². The molecule has 2 unspecified atom stereocenters. The van der Waals surface area contributed by atoms with Crippen molar-refractivity contribution in [2.45, 2.75) is 38.7 Å². The van der Waals surface area contributed by atoms with E-state index in [0.29, 0.717) is 25.5 Å². The maximum Gasteiger partial charge on any atom is 0.223 e. The standard InChI is InChI=1S/C12H23NO3/c1-9(10-4-5-10)11(14)13-8-12(2,15)6-7-16-3/h9-10,15H,4-8H2,1-3H3,(H,13,14). The molecule has 0 spiro atoms. The number of amides is 1. The molecule has 0 heterocycles. The van der Waals surface area contributed by atoms with E-state index in [1.807, 2.05) is 6.92 Å². The van der Waals surface area contributed by atoms with Gasteiger partial charge in [-0.3, -0.25) is 4.79 Å². The second-order valence-electron chi connectivity index (χ2n) is 5.08. The van der Waals surface area contributed by atoms with Crippen LogP contribution in [0.5, 0.6) is 0 Å². The van der Waals surface area contributed by atoms with Crippen molar-refractivity contribution < 1.29 is 14.6 Å². The Morgan fingerprint density at radius 3 is 2.75 bits per heavy atom. The molecule has 0 aromatic carbocycles. The Morgan fingerprint density at radius 1 is 1.62 bits per heavy atom. The Bertz CT molecular complexity index is 236. The minimum atomic E-state index is -0.880. The zero-order valence-corrected chi connectivity index (χ0v) is 10.5. The summed E-state index contributed by atoms with van der Waals surface area (Å²) in [5, 5.41) is 12.7. The predicted octanol–water partition coefficient (Wildman–Crippen LogP) is 0.936. The first-order chi connectivity index (χ1) is 7.46. The van der Waals surface area contributed by atoms with Gasteiger partial charge in [0, 0.05) is 32.6 Å². The van der Waals surface area contributed by atoms with Crippen LogP contribution >= 0.6 is 0 Å². The molecule has 1 saturated carbocycles. The van der Waals surface area contributed by atoms with Gasteiger partial charge in [-0.25, -0.2) is 0 Å². The lowest BCUT2D eigenvalue weighted by Gasteiger charge is -2.24. The molecule has 16 heavy (non-hydrogen) atoms. The van der Waals surface area contributed by atoms with Gasteiger partial charge in [0.25, 0.3) is 0 Å². The molecule has 1 fully saturated rings. The van der Waals surface area contributed by atoms with E-state index in [0.717, 1.165) is 12.8 Å². The largest absolute Gasteiger partial charge is 0.388 e. The monoisotopic (exact) mass is 229 g/mol. The molecule has 4 heteroatoms. The summed E-state index contributed by atoms with van der Waals surface area (Å²) < 4.78 is 4.91. The first-order valence-corrected chi connectivity index (χ1v) is 5.95. The Labute approximate surface area is 97.4 Å². The zero-order chi connectivity index (χ0) is 12.2. The number of hydrogen-bond donors (Lipinski definition) is 2. The highest BCUT2D eigenvalue weighted by Crippen LogP contribution is 2.36. The summed E-state index contributed by atoms with van der Waals surface area (Å²) in [5.41, 5.74) is -0.880. The van der Waals surface area contributed by atoms with Gasteiger partial charge in [0.05, 0.1) is 5.60 Å². The SMILES string of the molecule is COCCC(C)(O)CNC(=O)C(C)C1CC1. The van der Waals surface area contributed by atoms with E-state index in [4.69, 9.17) is 4.74 Å². The second-order valence-corrected chi connectivity index (χ2v) is 5.08. The fourth-order valence-electron chi connectivity index (χ4n) is 1.66. The number of rotatable bonds is 7. The predicted molar refractivity (Wildman–Crippen MR) is 62.0 cm³/mol. The van der Waals surface area contributed by atoms with E-state index in [-0.39, 0.29) is 11.8 Å². The van der Waals surface area contributed by atoms with E-state index in [2.05, 4.69) is 5.32 Å². The minimum absolute atomic E-state index is 0.0557. The maximum atomic E-state index is 11.7. The van der Waals surface area contributed by atoms with Crippen LogP contribution in [0.2, 0.25) is 0 Å². The average molecular weight is 229 g/mol. The molecule has 0 aromatic heterocycles. The molecule has 0 aliphatic heterocycles. The fourth-order valence-corrected chi connectivity index (χ4v) is 1.66. The van der Waals surface area contributed by atoms with Gasteiger partial charge in [-0.1, -0.05) is 6.92 Å². The summed E-state index contributed by atoms with van der Waals surface area (Å²) in [6.07, 6.45) is 2.85. The van der Waals surface area contributed by atoms with Crippen LogP contribution in [0.1, 0.15) is 33.1 Å². The molecule has 2 N–H and O–H groups in total. The molecule has 1 aliphatic carbocycles. The molecule has 0 radical (unpaired) electrons. The van der Waals surface area contributed by atoms with E-state index in [1.165, 1.54) is 0 Å². The Hall–Kier alpha value is -0.610. The molecule has 4 nitrogen and oxygen atoms in total. The van der Waals surface area contributed by atoms with Crippen LogP contribution in [0.3, 0.4) is 0 Å². The third kappa shape index (κ3) is 4.49. The maximum absolute atomic E-state index is 11.7. The number of carbonyl (C=O) groups excluding carboxylic acids is 1. The van der Waals surface area contributed by atoms with Crippen molar-refractivity contribution in [2.75, 3.05) is 20.3 Å². The third-order valence-corrected chi connectivity index (χ3v) is 3.23. The minimum Gasteiger partial charge on any atom is -0.388 e. The lowest BCUT2D eigenvalue weighted by molar-refractivity contribution is -0.126. The van der Waals surface area contributed by atoms with Gasteiger partial charge < -0.3 is 15.2 Å².